The number of nitrogens with zero attached hydrogens (tertiary/aromatic N) is 1. The average Bonchev–Trinajstić information content (AvgIpc) is 3.15. The molecule has 2 N–H and O–H groups in total. The maximum absolute atomic E-state index is 13.1. The van der Waals surface area contributed by atoms with Gasteiger partial charge in [-0.25, -0.2) is 0 Å². The summed E-state index contributed by atoms with van der Waals surface area (Å²) >= 11 is 6.16. The number of aryl methyl sites for hydroxylation is 1. The Kier molecular flexibility index (Phi) is 7.54. The fraction of sp³-hybridized carbons (Fsp3) is 0.214. The number of nitrogens with one attached hydrogen (secondary N) is 2. The predicted molar refractivity (Wildman–Crippen MR) is 141 cm³/mol. The standard InChI is InChI=1S/C28H28ClN3O3/c1-32(2)17-19-5-4-6-22(15-19)30-27(20-10-7-18(8-11-20)9-14-25(33)35-3)26-23-13-12-21(29)16-24(23)31-28(26)34/h4-8,10-13,15-16,30H,9,14,17H2,1-3H3,(H,31,34)/b27-26-. The Morgan fingerprint density at radius 3 is 2.51 bits per heavy atom. The van der Waals surface area contributed by atoms with Crippen LogP contribution >= 0.6 is 11.6 Å². The van der Waals surface area contributed by atoms with Crippen molar-refractivity contribution < 1.29 is 14.3 Å². The second-order valence-electron chi connectivity index (χ2n) is 8.73. The highest BCUT2D eigenvalue weighted by Gasteiger charge is 2.28. The van der Waals surface area contributed by atoms with Crippen LogP contribution in [0, 0.1) is 0 Å². The van der Waals surface area contributed by atoms with Gasteiger partial charge in [-0.05, 0) is 61.5 Å². The number of carbonyl (C=O) groups excluding carboxylic acids is 2. The van der Waals surface area contributed by atoms with Crippen molar-refractivity contribution in [1.29, 1.82) is 0 Å². The first kappa shape index (κ1) is 24.5. The van der Waals surface area contributed by atoms with Gasteiger partial charge in [-0.1, -0.05) is 54.1 Å². The second kappa shape index (κ2) is 10.8. The number of ether oxygens (including phenoxy) is 1. The normalized spacial score (nSPS) is 13.9. The van der Waals surface area contributed by atoms with Crippen molar-refractivity contribution >= 4 is 46.1 Å². The molecule has 4 rings (SSSR count). The number of halogens is 1. The van der Waals surface area contributed by atoms with Crippen molar-refractivity contribution in [2.75, 3.05) is 31.8 Å². The van der Waals surface area contributed by atoms with Crippen LogP contribution in [0.1, 0.15) is 28.7 Å². The summed E-state index contributed by atoms with van der Waals surface area (Å²) in [6, 6.07) is 21.4. The molecule has 0 bridgehead atoms. The van der Waals surface area contributed by atoms with Gasteiger partial charge >= 0.3 is 5.97 Å². The number of amides is 1. The number of fused-ring (bicyclic) bond motifs is 1. The summed E-state index contributed by atoms with van der Waals surface area (Å²) in [7, 11) is 5.45. The Morgan fingerprint density at radius 1 is 1.03 bits per heavy atom. The fourth-order valence-electron chi connectivity index (χ4n) is 4.12. The molecule has 1 aliphatic rings. The van der Waals surface area contributed by atoms with Crippen molar-refractivity contribution in [2.24, 2.45) is 0 Å². The van der Waals surface area contributed by atoms with Gasteiger partial charge in [0.1, 0.15) is 0 Å². The van der Waals surface area contributed by atoms with E-state index in [1.54, 1.807) is 12.1 Å². The minimum Gasteiger partial charge on any atom is -0.469 e. The highest BCUT2D eigenvalue weighted by atomic mass is 35.5. The first-order valence-electron chi connectivity index (χ1n) is 11.4. The largest absolute Gasteiger partial charge is 0.469 e. The number of hydrogen-bond donors (Lipinski definition) is 2. The monoisotopic (exact) mass is 489 g/mol. The SMILES string of the molecule is COC(=O)CCc1ccc(/C(Nc2cccc(CN(C)C)c2)=C2/C(=O)Nc3cc(Cl)ccc32)cc1. The highest BCUT2D eigenvalue weighted by Crippen LogP contribution is 2.39. The van der Waals surface area contributed by atoms with Crippen LogP contribution in [-0.4, -0.2) is 38.0 Å². The van der Waals surface area contributed by atoms with Crippen LogP contribution in [0.3, 0.4) is 0 Å². The molecule has 0 aliphatic carbocycles. The zero-order valence-corrected chi connectivity index (χ0v) is 20.8. The van der Waals surface area contributed by atoms with Gasteiger partial charge < -0.3 is 20.3 Å². The van der Waals surface area contributed by atoms with E-state index >= 15 is 0 Å². The van der Waals surface area contributed by atoms with Crippen LogP contribution in [0.2, 0.25) is 5.02 Å². The summed E-state index contributed by atoms with van der Waals surface area (Å²) in [4.78, 5) is 26.7. The first-order valence-corrected chi connectivity index (χ1v) is 11.7. The lowest BCUT2D eigenvalue weighted by atomic mass is 9.98. The lowest BCUT2D eigenvalue weighted by molar-refractivity contribution is -0.140. The third kappa shape index (κ3) is 5.91. The van der Waals surface area contributed by atoms with Crippen molar-refractivity contribution in [3.8, 4) is 0 Å². The third-order valence-electron chi connectivity index (χ3n) is 5.76. The summed E-state index contributed by atoms with van der Waals surface area (Å²) < 4.78 is 4.74. The molecular weight excluding hydrogens is 462 g/mol. The quantitative estimate of drug-likeness (QED) is 0.325. The minimum atomic E-state index is -0.242. The summed E-state index contributed by atoms with van der Waals surface area (Å²) in [5.74, 6) is -0.432. The van der Waals surface area contributed by atoms with Gasteiger partial charge in [-0.15, -0.1) is 0 Å². The van der Waals surface area contributed by atoms with E-state index in [9.17, 15) is 9.59 Å². The van der Waals surface area contributed by atoms with Crippen LogP contribution < -0.4 is 10.6 Å². The summed E-state index contributed by atoms with van der Waals surface area (Å²) in [6.07, 6.45) is 0.901. The molecule has 0 aromatic heterocycles. The van der Waals surface area contributed by atoms with E-state index in [1.165, 1.54) is 7.11 Å². The van der Waals surface area contributed by atoms with E-state index in [4.69, 9.17) is 16.3 Å². The van der Waals surface area contributed by atoms with Gasteiger partial charge in [0, 0.05) is 29.2 Å². The van der Waals surface area contributed by atoms with Crippen molar-refractivity contribution in [1.82, 2.24) is 4.90 Å². The summed E-state index contributed by atoms with van der Waals surface area (Å²) in [6.45, 7) is 0.804. The van der Waals surface area contributed by atoms with Crippen molar-refractivity contribution in [3.05, 3.63) is 94.0 Å². The lowest BCUT2D eigenvalue weighted by Crippen LogP contribution is -2.12. The van der Waals surface area contributed by atoms with Crippen LogP contribution in [0.15, 0.2) is 66.7 Å². The lowest BCUT2D eigenvalue weighted by Gasteiger charge is -2.17. The molecule has 35 heavy (non-hydrogen) atoms. The molecule has 180 valence electrons. The Morgan fingerprint density at radius 2 is 1.80 bits per heavy atom. The Labute approximate surface area is 210 Å². The van der Waals surface area contributed by atoms with Crippen LogP contribution in [0.4, 0.5) is 11.4 Å². The fourth-order valence-corrected chi connectivity index (χ4v) is 4.29. The zero-order valence-electron chi connectivity index (χ0n) is 20.0. The van der Waals surface area contributed by atoms with E-state index in [0.717, 1.165) is 34.5 Å². The molecule has 0 atom stereocenters. The number of esters is 1. The Balaban J connectivity index is 1.75. The predicted octanol–water partition coefficient (Wildman–Crippen LogP) is 5.44. The minimum absolute atomic E-state index is 0.191. The number of hydrogen-bond acceptors (Lipinski definition) is 5. The molecule has 6 nitrogen and oxygen atoms in total. The molecule has 0 radical (unpaired) electrons. The molecule has 1 heterocycles. The third-order valence-corrected chi connectivity index (χ3v) is 5.99. The molecule has 0 spiro atoms. The molecule has 3 aromatic carbocycles. The maximum Gasteiger partial charge on any atom is 0.305 e. The van der Waals surface area contributed by atoms with Gasteiger partial charge in [-0.3, -0.25) is 9.59 Å². The van der Waals surface area contributed by atoms with E-state index < -0.39 is 0 Å². The zero-order chi connectivity index (χ0) is 24.9. The smallest absolute Gasteiger partial charge is 0.305 e. The molecule has 3 aromatic rings. The van der Waals surface area contributed by atoms with Crippen molar-refractivity contribution in [3.63, 3.8) is 0 Å². The average molecular weight is 490 g/mol. The second-order valence-corrected chi connectivity index (χ2v) is 9.17. The van der Waals surface area contributed by atoms with Gasteiger partial charge in [0.25, 0.3) is 5.91 Å². The summed E-state index contributed by atoms with van der Waals surface area (Å²) in [5, 5.41) is 7.00. The number of anilines is 2. The molecule has 0 unspecified atom stereocenters. The topological polar surface area (TPSA) is 70.7 Å². The molecular formula is C28H28ClN3O3. The highest BCUT2D eigenvalue weighted by molar-refractivity contribution is 6.38. The van der Waals surface area contributed by atoms with E-state index in [1.807, 2.05) is 56.6 Å². The number of methoxy groups -OCH3 is 1. The molecule has 1 aliphatic heterocycles. The van der Waals surface area contributed by atoms with Crippen LogP contribution in [0.25, 0.3) is 11.3 Å². The maximum atomic E-state index is 13.1. The molecule has 0 saturated carbocycles. The van der Waals surface area contributed by atoms with E-state index in [0.29, 0.717) is 34.8 Å². The molecule has 0 saturated heterocycles. The first-order chi connectivity index (χ1) is 16.8. The number of carbonyl (C=O) groups is 2. The van der Waals surface area contributed by atoms with Gasteiger partial charge in [-0.2, -0.15) is 0 Å². The van der Waals surface area contributed by atoms with Gasteiger partial charge in [0.15, 0.2) is 0 Å². The van der Waals surface area contributed by atoms with Crippen LogP contribution in [-0.2, 0) is 27.3 Å². The van der Waals surface area contributed by atoms with Gasteiger partial charge in [0.05, 0.1) is 24.1 Å². The molecule has 7 heteroatoms. The Bertz CT molecular complexity index is 1280. The van der Waals surface area contributed by atoms with E-state index in [-0.39, 0.29) is 11.9 Å². The van der Waals surface area contributed by atoms with E-state index in [2.05, 4.69) is 27.7 Å². The number of rotatable bonds is 8. The Hall–Kier alpha value is -3.61. The van der Waals surface area contributed by atoms with Crippen molar-refractivity contribution in [2.45, 2.75) is 19.4 Å². The van der Waals surface area contributed by atoms with Crippen LogP contribution in [0.5, 0.6) is 0 Å². The number of benzene rings is 3. The van der Waals surface area contributed by atoms with Gasteiger partial charge in [0.2, 0.25) is 0 Å². The molecule has 0 fully saturated rings. The molecule has 1 amide bonds. The summed E-state index contributed by atoms with van der Waals surface area (Å²) in [5.41, 5.74) is 6.65.